The Kier molecular flexibility index (Phi) is 6.72. The Labute approximate surface area is 127 Å². The number of rotatable bonds is 5. The Morgan fingerprint density at radius 1 is 1.00 bits per heavy atom. The Hall–Kier alpha value is -1.71. The number of esters is 3. The summed E-state index contributed by atoms with van der Waals surface area (Å²) in [7, 11) is 1.30. The Morgan fingerprint density at radius 2 is 1.55 bits per heavy atom. The minimum absolute atomic E-state index is 0.263. The third-order valence-corrected chi connectivity index (χ3v) is 2.91. The first-order valence-corrected chi connectivity index (χ1v) is 6.60. The molecule has 0 saturated carbocycles. The molecule has 1 rings (SSSR count). The Balaban J connectivity index is 2.95. The van der Waals surface area contributed by atoms with Crippen LogP contribution < -0.4 is 0 Å². The highest BCUT2D eigenvalue weighted by Crippen LogP contribution is 2.27. The molecule has 22 heavy (non-hydrogen) atoms. The Morgan fingerprint density at radius 3 is 2.00 bits per heavy atom. The number of carbonyl (C=O) groups is 3. The highest BCUT2D eigenvalue weighted by Gasteiger charge is 2.49. The number of hydrogen-bond acceptors (Lipinski definition) is 9. The molecule has 9 heteroatoms. The van der Waals surface area contributed by atoms with Gasteiger partial charge in [-0.3, -0.25) is 14.4 Å². The third-order valence-electron chi connectivity index (χ3n) is 2.91. The van der Waals surface area contributed by atoms with Crippen LogP contribution in [0.4, 0.5) is 0 Å². The van der Waals surface area contributed by atoms with E-state index in [1.807, 2.05) is 0 Å². The van der Waals surface area contributed by atoms with E-state index >= 15 is 0 Å². The first kappa shape index (κ1) is 18.3. The normalized spacial score (nSPS) is 31.2. The van der Waals surface area contributed by atoms with Gasteiger partial charge in [0.05, 0.1) is 0 Å². The molecule has 0 unspecified atom stereocenters. The van der Waals surface area contributed by atoms with Crippen molar-refractivity contribution in [3.05, 3.63) is 0 Å². The standard InChI is InChI=1S/C13H20O9/c1-6(14)19-5-9-10(17)11(20-7(2)15)12(21-8(3)16)13(18-4)22-9/h9-13,17H,5H2,1-4H3/t9-,10-,11+,12+,13-/m1/s1. The van der Waals surface area contributed by atoms with E-state index in [2.05, 4.69) is 0 Å². The third kappa shape index (κ3) is 4.93. The maximum absolute atomic E-state index is 11.2. The lowest BCUT2D eigenvalue weighted by molar-refractivity contribution is -0.300. The molecular formula is C13H20O9. The van der Waals surface area contributed by atoms with Crippen LogP contribution in [0.15, 0.2) is 0 Å². The van der Waals surface area contributed by atoms with Crippen molar-refractivity contribution in [2.24, 2.45) is 0 Å². The molecule has 0 bridgehead atoms. The SMILES string of the molecule is CO[C@@H]1O[C@H](COC(C)=O)[C@@H](O)[C@H](OC(C)=O)[C@@H]1OC(C)=O. The Bertz CT molecular complexity index is 422. The molecule has 1 heterocycles. The molecule has 0 radical (unpaired) electrons. The van der Waals surface area contributed by atoms with Crippen molar-refractivity contribution in [2.75, 3.05) is 13.7 Å². The van der Waals surface area contributed by atoms with E-state index in [1.54, 1.807) is 0 Å². The van der Waals surface area contributed by atoms with Crippen molar-refractivity contribution in [3.63, 3.8) is 0 Å². The van der Waals surface area contributed by atoms with E-state index in [4.69, 9.17) is 23.7 Å². The molecule has 0 amide bonds. The van der Waals surface area contributed by atoms with Crippen molar-refractivity contribution in [3.8, 4) is 0 Å². The molecule has 5 atom stereocenters. The fourth-order valence-electron chi connectivity index (χ4n) is 2.06. The van der Waals surface area contributed by atoms with Crippen LogP contribution in [0.25, 0.3) is 0 Å². The predicted molar refractivity (Wildman–Crippen MR) is 69.4 cm³/mol. The molecule has 0 aromatic carbocycles. The van der Waals surface area contributed by atoms with Gasteiger partial charge in [-0.2, -0.15) is 0 Å². The van der Waals surface area contributed by atoms with Crippen molar-refractivity contribution in [1.82, 2.24) is 0 Å². The van der Waals surface area contributed by atoms with Gasteiger partial charge in [0, 0.05) is 27.9 Å². The molecule has 1 aliphatic heterocycles. The zero-order chi connectivity index (χ0) is 16.9. The van der Waals surface area contributed by atoms with Gasteiger partial charge in [0.2, 0.25) is 0 Å². The first-order chi connectivity index (χ1) is 10.3. The first-order valence-electron chi connectivity index (χ1n) is 6.60. The zero-order valence-electron chi connectivity index (χ0n) is 12.8. The second-order valence-electron chi connectivity index (χ2n) is 4.72. The van der Waals surface area contributed by atoms with E-state index in [1.165, 1.54) is 14.0 Å². The molecule has 1 aliphatic rings. The lowest BCUT2D eigenvalue weighted by Crippen LogP contribution is -2.61. The number of aliphatic hydroxyl groups excluding tert-OH is 1. The summed E-state index contributed by atoms with van der Waals surface area (Å²) >= 11 is 0. The number of hydrogen-bond donors (Lipinski definition) is 1. The lowest BCUT2D eigenvalue weighted by Gasteiger charge is -2.42. The highest BCUT2D eigenvalue weighted by molar-refractivity contribution is 5.67. The summed E-state index contributed by atoms with van der Waals surface area (Å²) in [6.45, 7) is 3.25. The summed E-state index contributed by atoms with van der Waals surface area (Å²) in [4.78, 5) is 33.3. The smallest absolute Gasteiger partial charge is 0.303 e. The van der Waals surface area contributed by atoms with Crippen molar-refractivity contribution < 1.29 is 43.2 Å². The van der Waals surface area contributed by atoms with E-state index in [0.717, 1.165) is 13.8 Å². The molecule has 0 aliphatic carbocycles. The van der Waals surface area contributed by atoms with Crippen LogP contribution in [-0.4, -0.2) is 67.4 Å². The average molecular weight is 320 g/mol. The summed E-state index contributed by atoms with van der Waals surface area (Å²) in [6.07, 6.45) is -5.79. The highest BCUT2D eigenvalue weighted by atomic mass is 16.7. The van der Waals surface area contributed by atoms with E-state index < -0.39 is 48.6 Å². The molecule has 0 spiro atoms. The van der Waals surface area contributed by atoms with Gasteiger partial charge < -0.3 is 28.8 Å². The summed E-state index contributed by atoms with van der Waals surface area (Å²) in [6, 6.07) is 0. The summed E-state index contributed by atoms with van der Waals surface area (Å²) in [5, 5.41) is 10.2. The molecule has 9 nitrogen and oxygen atoms in total. The molecule has 1 fully saturated rings. The number of methoxy groups -OCH3 is 1. The fourth-order valence-corrected chi connectivity index (χ4v) is 2.06. The van der Waals surface area contributed by atoms with Gasteiger partial charge in [-0.25, -0.2) is 0 Å². The average Bonchev–Trinajstić information content (AvgIpc) is 2.41. The van der Waals surface area contributed by atoms with E-state index in [9.17, 15) is 19.5 Å². The lowest BCUT2D eigenvalue weighted by atomic mass is 9.98. The summed E-state index contributed by atoms with van der Waals surface area (Å²) < 4.78 is 25.3. The van der Waals surface area contributed by atoms with Crippen molar-refractivity contribution in [1.29, 1.82) is 0 Å². The zero-order valence-corrected chi connectivity index (χ0v) is 12.8. The minimum atomic E-state index is -1.36. The van der Waals surface area contributed by atoms with Crippen LogP contribution >= 0.6 is 0 Å². The molecule has 126 valence electrons. The van der Waals surface area contributed by atoms with Crippen LogP contribution in [0.2, 0.25) is 0 Å². The molecule has 0 aromatic rings. The number of carbonyl (C=O) groups excluding carboxylic acids is 3. The molecular weight excluding hydrogens is 300 g/mol. The summed E-state index contributed by atoms with van der Waals surface area (Å²) in [5.74, 6) is -1.89. The van der Waals surface area contributed by atoms with Crippen LogP contribution in [-0.2, 0) is 38.1 Å². The number of ether oxygens (including phenoxy) is 5. The summed E-state index contributed by atoms with van der Waals surface area (Å²) in [5.41, 5.74) is 0. The van der Waals surface area contributed by atoms with Gasteiger partial charge in [0.15, 0.2) is 18.5 Å². The second-order valence-corrected chi connectivity index (χ2v) is 4.72. The van der Waals surface area contributed by atoms with Gasteiger partial charge in [0.25, 0.3) is 0 Å². The monoisotopic (exact) mass is 320 g/mol. The van der Waals surface area contributed by atoms with Crippen LogP contribution in [0.5, 0.6) is 0 Å². The molecule has 1 N–H and O–H groups in total. The van der Waals surface area contributed by atoms with Crippen LogP contribution in [0, 0.1) is 0 Å². The van der Waals surface area contributed by atoms with Gasteiger partial charge in [0.1, 0.15) is 18.8 Å². The quantitative estimate of drug-likeness (QED) is 0.510. The van der Waals surface area contributed by atoms with E-state index in [-0.39, 0.29) is 6.61 Å². The van der Waals surface area contributed by atoms with Crippen LogP contribution in [0.3, 0.4) is 0 Å². The predicted octanol–water partition coefficient (Wildman–Crippen LogP) is -0.855. The topological polar surface area (TPSA) is 118 Å². The van der Waals surface area contributed by atoms with Gasteiger partial charge in [-0.1, -0.05) is 0 Å². The number of aliphatic hydroxyl groups is 1. The van der Waals surface area contributed by atoms with Crippen molar-refractivity contribution in [2.45, 2.75) is 51.5 Å². The molecule has 1 saturated heterocycles. The van der Waals surface area contributed by atoms with Crippen molar-refractivity contribution >= 4 is 17.9 Å². The van der Waals surface area contributed by atoms with E-state index in [0.29, 0.717) is 0 Å². The van der Waals surface area contributed by atoms with Crippen LogP contribution in [0.1, 0.15) is 20.8 Å². The minimum Gasteiger partial charge on any atom is -0.463 e. The largest absolute Gasteiger partial charge is 0.463 e. The maximum Gasteiger partial charge on any atom is 0.303 e. The van der Waals surface area contributed by atoms with Gasteiger partial charge in [-0.05, 0) is 0 Å². The second kappa shape index (κ2) is 8.06. The van der Waals surface area contributed by atoms with Gasteiger partial charge >= 0.3 is 17.9 Å². The maximum atomic E-state index is 11.2. The fraction of sp³-hybridized carbons (Fsp3) is 0.769. The molecule has 0 aromatic heterocycles. The van der Waals surface area contributed by atoms with Gasteiger partial charge in [-0.15, -0.1) is 0 Å².